The number of benzene rings is 2. The molecule has 0 radical (unpaired) electrons. The van der Waals surface area contributed by atoms with E-state index in [2.05, 4.69) is 13.8 Å². The summed E-state index contributed by atoms with van der Waals surface area (Å²) in [7, 11) is 0. The van der Waals surface area contributed by atoms with Crippen LogP contribution in [0, 0.1) is 5.92 Å². The average Bonchev–Trinajstić information content (AvgIpc) is 3.06. The minimum absolute atomic E-state index is 0.0793. The van der Waals surface area contributed by atoms with Crippen LogP contribution in [0.1, 0.15) is 35.3 Å². The third kappa shape index (κ3) is 1.57. The fourth-order valence-electron chi connectivity index (χ4n) is 3.71. The fourth-order valence-corrected chi connectivity index (χ4v) is 3.71. The van der Waals surface area contributed by atoms with Crippen LogP contribution in [-0.2, 0) is 10.5 Å². The zero-order valence-electron chi connectivity index (χ0n) is 12.8. The quantitative estimate of drug-likeness (QED) is 0.849. The number of nitrogens with zero attached hydrogens (tertiary/aromatic N) is 1. The van der Waals surface area contributed by atoms with Gasteiger partial charge in [-0.3, -0.25) is 9.69 Å². The molecule has 2 aromatic carbocycles. The molecule has 2 atom stereocenters. The Kier molecular flexibility index (Phi) is 2.88. The van der Waals surface area contributed by atoms with Crippen molar-refractivity contribution in [2.24, 2.45) is 5.92 Å². The van der Waals surface area contributed by atoms with Gasteiger partial charge in [0.1, 0.15) is 0 Å². The van der Waals surface area contributed by atoms with Gasteiger partial charge >= 0.3 is 0 Å². The average molecular weight is 293 g/mol. The maximum absolute atomic E-state index is 13.0. The maximum Gasteiger partial charge on any atom is 0.257 e. The Morgan fingerprint density at radius 2 is 1.77 bits per heavy atom. The molecular formula is C19H19NO2. The molecule has 2 unspecified atom stereocenters. The molecule has 1 fully saturated rings. The molecule has 2 heterocycles. The first kappa shape index (κ1) is 13.5. The second-order valence-corrected chi connectivity index (χ2v) is 6.35. The van der Waals surface area contributed by atoms with Crippen LogP contribution in [0.15, 0.2) is 54.6 Å². The summed E-state index contributed by atoms with van der Waals surface area (Å²) in [5, 5.41) is 0. The highest BCUT2D eigenvalue weighted by Crippen LogP contribution is 2.50. The summed E-state index contributed by atoms with van der Waals surface area (Å²) in [4.78, 5) is 15.0. The highest BCUT2D eigenvalue weighted by molar-refractivity contribution is 6.01. The number of hydrogen-bond donors (Lipinski definition) is 0. The van der Waals surface area contributed by atoms with E-state index in [9.17, 15) is 4.79 Å². The summed E-state index contributed by atoms with van der Waals surface area (Å²) in [5.41, 5.74) is 1.99. The first-order chi connectivity index (χ1) is 10.7. The molecule has 0 aliphatic carbocycles. The van der Waals surface area contributed by atoms with E-state index in [-0.39, 0.29) is 11.9 Å². The topological polar surface area (TPSA) is 29.5 Å². The summed E-state index contributed by atoms with van der Waals surface area (Å²) < 4.78 is 6.33. The van der Waals surface area contributed by atoms with E-state index in [0.29, 0.717) is 12.5 Å². The summed E-state index contributed by atoms with van der Waals surface area (Å²) in [6.07, 6.45) is 0. The molecule has 3 nitrogen and oxygen atoms in total. The van der Waals surface area contributed by atoms with E-state index in [1.807, 2.05) is 59.5 Å². The van der Waals surface area contributed by atoms with Crippen molar-refractivity contribution in [1.29, 1.82) is 0 Å². The van der Waals surface area contributed by atoms with Crippen LogP contribution in [0.2, 0.25) is 0 Å². The Labute approximate surface area is 130 Å². The highest BCUT2D eigenvalue weighted by atomic mass is 16.5. The minimum Gasteiger partial charge on any atom is -0.345 e. The monoisotopic (exact) mass is 293 g/mol. The van der Waals surface area contributed by atoms with E-state index in [1.54, 1.807) is 0 Å². The highest BCUT2D eigenvalue weighted by Gasteiger charge is 2.59. The van der Waals surface area contributed by atoms with E-state index < -0.39 is 5.72 Å². The molecular weight excluding hydrogens is 274 g/mol. The number of carbonyl (C=O) groups is 1. The first-order valence-corrected chi connectivity index (χ1v) is 7.79. The number of rotatable bonds is 2. The molecule has 0 spiro atoms. The lowest BCUT2D eigenvalue weighted by Crippen LogP contribution is -2.46. The van der Waals surface area contributed by atoms with Crippen molar-refractivity contribution in [2.45, 2.75) is 25.6 Å². The number of hydrogen-bond acceptors (Lipinski definition) is 2. The van der Waals surface area contributed by atoms with E-state index >= 15 is 0 Å². The number of carbonyl (C=O) groups excluding carboxylic acids is 1. The molecule has 112 valence electrons. The van der Waals surface area contributed by atoms with Crippen LogP contribution < -0.4 is 0 Å². The molecule has 0 N–H and O–H groups in total. The van der Waals surface area contributed by atoms with Crippen molar-refractivity contribution < 1.29 is 9.53 Å². The van der Waals surface area contributed by atoms with Gasteiger partial charge in [0.15, 0.2) is 5.72 Å². The molecule has 1 amide bonds. The van der Waals surface area contributed by atoms with Crippen molar-refractivity contribution in [3.05, 3.63) is 71.3 Å². The van der Waals surface area contributed by atoms with Crippen LogP contribution >= 0.6 is 0 Å². The third-order valence-electron chi connectivity index (χ3n) is 4.81. The standard InChI is InChI=1S/C19H19NO2/c1-13(2)17-12-22-19(14-8-4-3-5-9-14)16-11-7-6-10-15(16)18(21)20(17)19/h3-11,13,17H,12H2,1-2H3. The molecule has 0 bridgehead atoms. The molecule has 2 aromatic rings. The number of amides is 1. The molecule has 2 aliphatic rings. The smallest absolute Gasteiger partial charge is 0.257 e. The third-order valence-corrected chi connectivity index (χ3v) is 4.81. The van der Waals surface area contributed by atoms with Gasteiger partial charge in [0, 0.05) is 16.7 Å². The fraction of sp³-hybridized carbons (Fsp3) is 0.316. The van der Waals surface area contributed by atoms with Gasteiger partial charge in [-0.2, -0.15) is 0 Å². The first-order valence-electron chi connectivity index (χ1n) is 7.79. The van der Waals surface area contributed by atoms with Gasteiger partial charge in [-0.25, -0.2) is 0 Å². The summed E-state index contributed by atoms with van der Waals surface area (Å²) in [5.74, 6) is 0.430. The van der Waals surface area contributed by atoms with E-state index in [1.165, 1.54) is 0 Å². The van der Waals surface area contributed by atoms with Gasteiger partial charge < -0.3 is 4.74 Å². The normalized spacial score (nSPS) is 26.4. The Bertz CT molecular complexity index is 725. The van der Waals surface area contributed by atoms with E-state index in [0.717, 1.165) is 16.7 Å². The van der Waals surface area contributed by atoms with Crippen molar-refractivity contribution in [1.82, 2.24) is 4.90 Å². The predicted molar refractivity (Wildman–Crippen MR) is 84.4 cm³/mol. The molecule has 1 saturated heterocycles. The lowest BCUT2D eigenvalue weighted by Gasteiger charge is -2.35. The van der Waals surface area contributed by atoms with Crippen molar-refractivity contribution in [3.8, 4) is 0 Å². The molecule has 2 aliphatic heterocycles. The van der Waals surface area contributed by atoms with Gasteiger partial charge in [-0.05, 0) is 12.0 Å². The molecule has 3 heteroatoms. The largest absolute Gasteiger partial charge is 0.345 e. The summed E-state index contributed by atoms with van der Waals surface area (Å²) in [6.45, 7) is 4.86. The van der Waals surface area contributed by atoms with Gasteiger partial charge in [-0.1, -0.05) is 62.4 Å². The summed E-state index contributed by atoms with van der Waals surface area (Å²) >= 11 is 0. The van der Waals surface area contributed by atoms with Crippen LogP contribution in [0.4, 0.5) is 0 Å². The van der Waals surface area contributed by atoms with Crippen molar-refractivity contribution in [3.63, 3.8) is 0 Å². The lowest BCUT2D eigenvalue weighted by atomic mass is 9.93. The minimum atomic E-state index is -0.760. The Morgan fingerprint density at radius 3 is 2.50 bits per heavy atom. The predicted octanol–water partition coefficient (Wildman–Crippen LogP) is 3.40. The molecule has 4 rings (SSSR count). The van der Waals surface area contributed by atoms with Crippen LogP contribution in [-0.4, -0.2) is 23.5 Å². The second kappa shape index (κ2) is 4.68. The zero-order valence-corrected chi connectivity index (χ0v) is 12.8. The van der Waals surface area contributed by atoms with Crippen LogP contribution in [0.3, 0.4) is 0 Å². The Morgan fingerprint density at radius 1 is 1.09 bits per heavy atom. The second-order valence-electron chi connectivity index (χ2n) is 6.35. The van der Waals surface area contributed by atoms with Gasteiger partial charge in [0.05, 0.1) is 12.6 Å². The summed E-state index contributed by atoms with van der Waals surface area (Å²) in [6, 6.07) is 18.0. The molecule has 0 aromatic heterocycles. The van der Waals surface area contributed by atoms with Gasteiger partial charge in [-0.15, -0.1) is 0 Å². The maximum atomic E-state index is 13.0. The zero-order chi connectivity index (χ0) is 15.3. The number of ether oxygens (including phenoxy) is 1. The molecule has 22 heavy (non-hydrogen) atoms. The Hall–Kier alpha value is -2.13. The van der Waals surface area contributed by atoms with Gasteiger partial charge in [0.2, 0.25) is 0 Å². The SMILES string of the molecule is CC(C)C1COC2(c3ccccc3)c3ccccc3C(=O)N12. The van der Waals surface area contributed by atoms with Crippen molar-refractivity contribution >= 4 is 5.91 Å². The lowest BCUT2D eigenvalue weighted by molar-refractivity contribution is -0.0332. The Balaban J connectivity index is 1.98. The van der Waals surface area contributed by atoms with Gasteiger partial charge in [0.25, 0.3) is 5.91 Å². The molecule has 0 saturated carbocycles. The van der Waals surface area contributed by atoms with Crippen LogP contribution in [0.25, 0.3) is 0 Å². The van der Waals surface area contributed by atoms with Crippen molar-refractivity contribution in [2.75, 3.05) is 6.61 Å². The van der Waals surface area contributed by atoms with Crippen LogP contribution in [0.5, 0.6) is 0 Å². The van der Waals surface area contributed by atoms with E-state index in [4.69, 9.17) is 4.74 Å². The number of fused-ring (bicyclic) bond motifs is 3.